The number of hydrogen-bond donors (Lipinski definition) is 1. The lowest BCUT2D eigenvalue weighted by Crippen LogP contribution is -2.24. The second-order valence-corrected chi connectivity index (χ2v) is 3.15. The van der Waals surface area contributed by atoms with Gasteiger partial charge in [-0.3, -0.25) is 4.79 Å². The lowest BCUT2D eigenvalue weighted by molar-refractivity contribution is -0.143. The Morgan fingerprint density at radius 1 is 1.55 bits per heavy atom. The summed E-state index contributed by atoms with van der Waals surface area (Å²) >= 11 is 0. The normalized spacial score (nSPS) is 29.7. The SMILES string of the molecule is CC1=C(C)C(C)(C(=O)O)C=C1. The fourth-order valence-electron chi connectivity index (χ4n) is 1.18. The number of hydrogen-bond acceptors (Lipinski definition) is 1. The van der Waals surface area contributed by atoms with Crippen LogP contribution in [0.25, 0.3) is 0 Å². The van der Waals surface area contributed by atoms with Crippen LogP contribution in [0.15, 0.2) is 23.3 Å². The molecule has 2 nitrogen and oxygen atoms in total. The van der Waals surface area contributed by atoms with Gasteiger partial charge in [0.1, 0.15) is 5.41 Å². The lowest BCUT2D eigenvalue weighted by atomic mass is 9.85. The van der Waals surface area contributed by atoms with Gasteiger partial charge in [0.15, 0.2) is 0 Å². The Morgan fingerprint density at radius 3 is 2.27 bits per heavy atom. The Bertz CT molecular complexity index is 261. The van der Waals surface area contributed by atoms with Gasteiger partial charge in [0.05, 0.1) is 0 Å². The minimum Gasteiger partial charge on any atom is -0.480 e. The molecule has 0 bridgehead atoms. The fourth-order valence-corrected chi connectivity index (χ4v) is 1.18. The predicted molar refractivity (Wildman–Crippen MR) is 43.3 cm³/mol. The van der Waals surface area contributed by atoms with E-state index in [9.17, 15) is 4.79 Å². The van der Waals surface area contributed by atoms with E-state index in [1.807, 2.05) is 19.9 Å². The molecular formula is C9H12O2. The van der Waals surface area contributed by atoms with Crippen molar-refractivity contribution in [3.63, 3.8) is 0 Å². The Balaban J connectivity index is 3.12. The first-order valence-corrected chi connectivity index (χ1v) is 3.59. The molecule has 0 saturated heterocycles. The van der Waals surface area contributed by atoms with Crippen molar-refractivity contribution >= 4 is 5.97 Å². The third-order valence-corrected chi connectivity index (χ3v) is 2.48. The molecule has 0 aliphatic heterocycles. The van der Waals surface area contributed by atoms with Gasteiger partial charge in [-0.05, 0) is 26.3 Å². The maximum Gasteiger partial charge on any atom is 0.317 e. The van der Waals surface area contributed by atoms with Crippen molar-refractivity contribution in [3.8, 4) is 0 Å². The zero-order valence-corrected chi connectivity index (χ0v) is 7.01. The van der Waals surface area contributed by atoms with Gasteiger partial charge in [0.25, 0.3) is 0 Å². The first-order chi connectivity index (χ1) is 4.98. The largest absolute Gasteiger partial charge is 0.480 e. The molecule has 0 spiro atoms. The van der Waals surface area contributed by atoms with Gasteiger partial charge < -0.3 is 5.11 Å². The summed E-state index contributed by atoms with van der Waals surface area (Å²) in [6.07, 6.45) is 3.60. The van der Waals surface area contributed by atoms with E-state index in [1.165, 1.54) is 0 Å². The van der Waals surface area contributed by atoms with Gasteiger partial charge in [-0.1, -0.05) is 17.7 Å². The third-order valence-electron chi connectivity index (χ3n) is 2.48. The van der Waals surface area contributed by atoms with E-state index in [0.29, 0.717) is 0 Å². The van der Waals surface area contributed by atoms with Crippen molar-refractivity contribution in [1.82, 2.24) is 0 Å². The van der Waals surface area contributed by atoms with Crippen molar-refractivity contribution in [3.05, 3.63) is 23.3 Å². The van der Waals surface area contributed by atoms with Gasteiger partial charge in [-0.25, -0.2) is 0 Å². The number of carboxylic acids is 1. The summed E-state index contributed by atoms with van der Waals surface area (Å²) in [5.41, 5.74) is 1.24. The van der Waals surface area contributed by atoms with Gasteiger partial charge in [0.2, 0.25) is 0 Å². The van der Waals surface area contributed by atoms with Gasteiger partial charge in [-0.2, -0.15) is 0 Å². The van der Waals surface area contributed by atoms with Crippen LogP contribution in [0.4, 0.5) is 0 Å². The molecule has 1 rings (SSSR count). The topological polar surface area (TPSA) is 37.3 Å². The minimum absolute atomic E-state index is 0.760. The second kappa shape index (κ2) is 2.22. The fraction of sp³-hybridized carbons (Fsp3) is 0.444. The maximum atomic E-state index is 10.8. The highest BCUT2D eigenvalue weighted by atomic mass is 16.4. The van der Waals surface area contributed by atoms with Crippen LogP contribution in [0.2, 0.25) is 0 Å². The van der Waals surface area contributed by atoms with Crippen LogP contribution in [0.1, 0.15) is 20.8 Å². The van der Waals surface area contributed by atoms with Crippen molar-refractivity contribution in [2.75, 3.05) is 0 Å². The summed E-state index contributed by atoms with van der Waals surface area (Å²) in [4.78, 5) is 10.8. The van der Waals surface area contributed by atoms with Crippen LogP contribution in [-0.2, 0) is 4.79 Å². The molecule has 0 aromatic heterocycles. The van der Waals surface area contributed by atoms with E-state index in [0.717, 1.165) is 11.1 Å². The van der Waals surface area contributed by atoms with Gasteiger partial charge in [0, 0.05) is 0 Å². The van der Waals surface area contributed by atoms with Crippen LogP contribution < -0.4 is 0 Å². The number of carboxylic acid groups (broad SMARTS) is 1. The molecule has 0 aromatic rings. The summed E-state index contributed by atoms with van der Waals surface area (Å²) < 4.78 is 0. The van der Waals surface area contributed by atoms with E-state index < -0.39 is 11.4 Å². The minimum atomic E-state index is -0.775. The van der Waals surface area contributed by atoms with E-state index in [-0.39, 0.29) is 0 Å². The van der Waals surface area contributed by atoms with Crippen molar-refractivity contribution in [2.45, 2.75) is 20.8 Å². The highest BCUT2D eigenvalue weighted by Crippen LogP contribution is 2.36. The zero-order valence-electron chi connectivity index (χ0n) is 7.01. The molecule has 60 valence electrons. The van der Waals surface area contributed by atoms with E-state index in [4.69, 9.17) is 5.11 Å². The quantitative estimate of drug-likeness (QED) is 0.623. The predicted octanol–water partition coefficient (Wildman–Crippen LogP) is 1.98. The summed E-state index contributed by atoms with van der Waals surface area (Å²) in [6, 6.07) is 0. The smallest absolute Gasteiger partial charge is 0.317 e. The maximum absolute atomic E-state index is 10.8. The Labute approximate surface area is 66.2 Å². The standard InChI is InChI=1S/C9H12O2/c1-6-4-5-9(3,7(6)2)8(10)11/h4-5H,1-3H3,(H,10,11). The molecule has 1 N–H and O–H groups in total. The van der Waals surface area contributed by atoms with Crippen molar-refractivity contribution in [1.29, 1.82) is 0 Å². The molecule has 1 unspecified atom stereocenters. The number of allylic oxidation sites excluding steroid dienone is 2. The molecule has 0 radical (unpaired) electrons. The van der Waals surface area contributed by atoms with Crippen LogP contribution >= 0.6 is 0 Å². The van der Waals surface area contributed by atoms with Gasteiger partial charge >= 0.3 is 5.97 Å². The monoisotopic (exact) mass is 152 g/mol. The van der Waals surface area contributed by atoms with Crippen molar-refractivity contribution < 1.29 is 9.90 Å². The lowest BCUT2D eigenvalue weighted by Gasteiger charge is -2.18. The molecule has 11 heavy (non-hydrogen) atoms. The van der Waals surface area contributed by atoms with E-state index >= 15 is 0 Å². The van der Waals surface area contributed by atoms with Crippen LogP contribution in [0.3, 0.4) is 0 Å². The molecule has 0 aromatic carbocycles. The van der Waals surface area contributed by atoms with E-state index in [2.05, 4.69) is 0 Å². The zero-order chi connectivity index (χ0) is 8.65. The Morgan fingerprint density at radius 2 is 2.09 bits per heavy atom. The summed E-state index contributed by atoms with van der Waals surface area (Å²) in [5.74, 6) is -0.775. The van der Waals surface area contributed by atoms with Crippen molar-refractivity contribution in [2.24, 2.45) is 5.41 Å². The van der Waals surface area contributed by atoms with Crippen LogP contribution in [0, 0.1) is 5.41 Å². The molecule has 0 heterocycles. The summed E-state index contributed by atoms with van der Waals surface area (Å²) in [6.45, 7) is 5.52. The molecular weight excluding hydrogens is 140 g/mol. The number of carbonyl (C=O) groups is 1. The second-order valence-electron chi connectivity index (χ2n) is 3.15. The number of aliphatic carboxylic acids is 1. The Kier molecular flexibility index (Phi) is 1.63. The van der Waals surface area contributed by atoms with Gasteiger partial charge in [-0.15, -0.1) is 0 Å². The molecule has 0 fully saturated rings. The highest BCUT2D eigenvalue weighted by molar-refractivity contribution is 5.82. The molecule has 1 aliphatic rings. The number of rotatable bonds is 1. The molecule has 1 aliphatic carbocycles. The van der Waals surface area contributed by atoms with Crippen LogP contribution in [0.5, 0.6) is 0 Å². The summed E-state index contributed by atoms with van der Waals surface area (Å²) in [5, 5.41) is 8.88. The van der Waals surface area contributed by atoms with E-state index in [1.54, 1.807) is 13.0 Å². The average Bonchev–Trinajstić information content (AvgIpc) is 2.18. The van der Waals surface area contributed by atoms with Crippen LogP contribution in [-0.4, -0.2) is 11.1 Å². The average molecular weight is 152 g/mol. The summed E-state index contributed by atoms with van der Waals surface area (Å²) in [7, 11) is 0. The molecule has 2 heteroatoms. The molecule has 1 atom stereocenters. The first kappa shape index (κ1) is 8.05. The first-order valence-electron chi connectivity index (χ1n) is 3.59. The molecule has 0 saturated carbocycles. The molecule has 0 amide bonds. The Hall–Kier alpha value is -1.05. The third kappa shape index (κ3) is 0.985. The highest BCUT2D eigenvalue weighted by Gasteiger charge is 2.35.